The normalized spacial score (nSPS) is 17.6. The number of nitrogens with zero attached hydrogens (tertiary/aromatic N) is 4. The maximum Gasteiger partial charge on any atom is 0.259 e. The van der Waals surface area contributed by atoms with Crippen molar-refractivity contribution in [1.29, 1.82) is 0 Å². The first-order valence-electron chi connectivity index (χ1n) is 8.51. The van der Waals surface area contributed by atoms with Gasteiger partial charge in [-0.1, -0.05) is 18.1 Å². The van der Waals surface area contributed by atoms with Crippen molar-refractivity contribution in [3.05, 3.63) is 40.9 Å². The van der Waals surface area contributed by atoms with Crippen LogP contribution < -0.4 is 4.90 Å². The molecule has 134 valence electrons. The number of amides is 1. The number of pyridine rings is 1. The SMILES string of the molecule is CCc1noc(C)c1C(=O)N1CCO[C@H](c2cccc(N(C)C)n2)C1. The van der Waals surface area contributed by atoms with Gasteiger partial charge < -0.3 is 19.1 Å². The number of anilines is 1. The second-order valence-corrected chi connectivity index (χ2v) is 6.34. The molecule has 1 fully saturated rings. The summed E-state index contributed by atoms with van der Waals surface area (Å²) in [6, 6.07) is 5.85. The number of aromatic nitrogens is 2. The van der Waals surface area contributed by atoms with Crippen molar-refractivity contribution in [3.8, 4) is 0 Å². The third kappa shape index (κ3) is 3.51. The number of carbonyl (C=O) groups is 1. The maximum absolute atomic E-state index is 13.0. The van der Waals surface area contributed by atoms with Crippen LogP contribution in [-0.2, 0) is 11.2 Å². The van der Waals surface area contributed by atoms with Crippen LogP contribution >= 0.6 is 0 Å². The lowest BCUT2D eigenvalue weighted by Gasteiger charge is -2.33. The molecule has 0 N–H and O–H groups in total. The molecule has 3 heterocycles. The Balaban J connectivity index is 1.80. The average Bonchev–Trinajstić information content (AvgIpc) is 3.02. The van der Waals surface area contributed by atoms with Crippen LogP contribution in [0.5, 0.6) is 0 Å². The highest BCUT2D eigenvalue weighted by atomic mass is 16.5. The van der Waals surface area contributed by atoms with E-state index in [9.17, 15) is 4.79 Å². The number of hydrogen-bond donors (Lipinski definition) is 0. The minimum Gasteiger partial charge on any atom is -0.368 e. The van der Waals surface area contributed by atoms with E-state index < -0.39 is 0 Å². The van der Waals surface area contributed by atoms with Crippen molar-refractivity contribution in [2.75, 3.05) is 38.7 Å². The third-order valence-corrected chi connectivity index (χ3v) is 4.38. The highest BCUT2D eigenvalue weighted by Gasteiger charge is 2.30. The zero-order valence-electron chi connectivity index (χ0n) is 15.2. The summed E-state index contributed by atoms with van der Waals surface area (Å²) >= 11 is 0. The fourth-order valence-corrected chi connectivity index (χ4v) is 2.97. The van der Waals surface area contributed by atoms with Crippen LogP contribution in [0.25, 0.3) is 0 Å². The van der Waals surface area contributed by atoms with Gasteiger partial charge in [0.2, 0.25) is 0 Å². The number of hydrogen-bond acceptors (Lipinski definition) is 6. The fraction of sp³-hybridized carbons (Fsp3) is 0.500. The first-order chi connectivity index (χ1) is 12.0. The molecular weight excluding hydrogens is 320 g/mol. The summed E-state index contributed by atoms with van der Waals surface area (Å²) in [7, 11) is 3.90. The molecule has 25 heavy (non-hydrogen) atoms. The van der Waals surface area contributed by atoms with E-state index in [0.717, 1.165) is 11.5 Å². The second-order valence-electron chi connectivity index (χ2n) is 6.34. The number of rotatable bonds is 4. The lowest BCUT2D eigenvalue weighted by molar-refractivity contribution is -0.0247. The molecule has 0 aromatic carbocycles. The van der Waals surface area contributed by atoms with Crippen LogP contribution in [0.2, 0.25) is 0 Å². The van der Waals surface area contributed by atoms with Gasteiger partial charge in [0.1, 0.15) is 23.2 Å². The smallest absolute Gasteiger partial charge is 0.259 e. The molecule has 0 radical (unpaired) electrons. The molecule has 1 amide bonds. The average molecular weight is 344 g/mol. The van der Waals surface area contributed by atoms with Crippen LogP contribution in [0.3, 0.4) is 0 Å². The molecule has 1 aliphatic heterocycles. The Kier molecular flexibility index (Phi) is 5.03. The highest BCUT2D eigenvalue weighted by Crippen LogP contribution is 2.25. The zero-order chi connectivity index (χ0) is 18.0. The lowest BCUT2D eigenvalue weighted by Crippen LogP contribution is -2.42. The summed E-state index contributed by atoms with van der Waals surface area (Å²) in [5, 5.41) is 3.99. The minimum absolute atomic E-state index is 0.0485. The Morgan fingerprint density at radius 1 is 1.40 bits per heavy atom. The molecule has 7 nitrogen and oxygen atoms in total. The molecule has 7 heteroatoms. The van der Waals surface area contributed by atoms with Gasteiger partial charge in [0.15, 0.2) is 0 Å². The van der Waals surface area contributed by atoms with Gasteiger partial charge >= 0.3 is 0 Å². The Morgan fingerprint density at radius 3 is 2.92 bits per heavy atom. The van der Waals surface area contributed by atoms with E-state index in [1.54, 1.807) is 11.8 Å². The van der Waals surface area contributed by atoms with Crippen LogP contribution in [-0.4, -0.2) is 54.7 Å². The second kappa shape index (κ2) is 7.23. The van der Waals surface area contributed by atoms with E-state index in [-0.39, 0.29) is 12.0 Å². The Hall–Kier alpha value is -2.41. The molecule has 0 aliphatic carbocycles. The van der Waals surface area contributed by atoms with Crippen molar-refractivity contribution < 1.29 is 14.1 Å². The molecule has 3 rings (SSSR count). The van der Waals surface area contributed by atoms with Gasteiger partial charge in [-0.15, -0.1) is 0 Å². The quantitative estimate of drug-likeness (QED) is 0.847. The van der Waals surface area contributed by atoms with E-state index >= 15 is 0 Å². The van der Waals surface area contributed by atoms with Gasteiger partial charge in [-0.2, -0.15) is 0 Å². The molecule has 2 aromatic rings. The number of carbonyl (C=O) groups excluding carboxylic acids is 1. The van der Waals surface area contributed by atoms with E-state index in [1.807, 2.05) is 44.1 Å². The van der Waals surface area contributed by atoms with Gasteiger partial charge in [0.25, 0.3) is 5.91 Å². The Bertz CT molecular complexity index is 757. The molecule has 1 atom stereocenters. The topological polar surface area (TPSA) is 71.7 Å². The van der Waals surface area contributed by atoms with Crippen molar-refractivity contribution in [3.63, 3.8) is 0 Å². The van der Waals surface area contributed by atoms with Crippen molar-refractivity contribution in [2.24, 2.45) is 0 Å². The first-order valence-corrected chi connectivity index (χ1v) is 8.51. The van der Waals surface area contributed by atoms with E-state index in [0.29, 0.717) is 43.1 Å². The lowest BCUT2D eigenvalue weighted by atomic mass is 10.1. The minimum atomic E-state index is -0.233. The number of ether oxygens (including phenoxy) is 1. The maximum atomic E-state index is 13.0. The standard InChI is InChI=1S/C18H24N4O3/c1-5-13-17(12(2)25-20-13)18(23)22-9-10-24-15(11-22)14-7-6-8-16(19-14)21(3)4/h6-8,15H,5,9-11H2,1-4H3/t15-/m0/s1. The molecule has 1 aliphatic rings. The summed E-state index contributed by atoms with van der Waals surface area (Å²) in [5.74, 6) is 1.39. The van der Waals surface area contributed by atoms with Crippen molar-refractivity contribution in [1.82, 2.24) is 15.0 Å². The fourth-order valence-electron chi connectivity index (χ4n) is 2.97. The summed E-state index contributed by atoms with van der Waals surface area (Å²) < 4.78 is 11.1. The summed E-state index contributed by atoms with van der Waals surface area (Å²) in [6.07, 6.45) is 0.432. The van der Waals surface area contributed by atoms with Gasteiger partial charge in [-0.25, -0.2) is 4.98 Å². The molecule has 2 aromatic heterocycles. The Labute approximate surface area is 147 Å². The summed E-state index contributed by atoms with van der Waals surface area (Å²) in [6.45, 7) is 5.25. The van der Waals surface area contributed by atoms with Gasteiger partial charge in [-0.05, 0) is 25.5 Å². The van der Waals surface area contributed by atoms with Crippen molar-refractivity contribution in [2.45, 2.75) is 26.4 Å². The first kappa shape index (κ1) is 17.4. The van der Waals surface area contributed by atoms with E-state index in [4.69, 9.17) is 9.26 Å². The van der Waals surface area contributed by atoms with Crippen molar-refractivity contribution >= 4 is 11.7 Å². The van der Waals surface area contributed by atoms with Gasteiger partial charge in [-0.3, -0.25) is 4.79 Å². The van der Waals surface area contributed by atoms with E-state index in [1.165, 1.54) is 0 Å². The molecule has 1 saturated heterocycles. The largest absolute Gasteiger partial charge is 0.368 e. The zero-order valence-corrected chi connectivity index (χ0v) is 15.2. The van der Waals surface area contributed by atoms with E-state index in [2.05, 4.69) is 10.1 Å². The third-order valence-electron chi connectivity index (χ3n) is 4.38. The van der Waals surface area contributed by atoms with Crippen LogP contribution in [0.1, 0.15) is 40.5 Å². The summed E-state index contributed by atoms with van der Waals surface area (Å²) in [5.41, 5.74) is 2.12. The predicted octanol–water partition coefficient (Wildman–Crippen LogP) is 2.22. The predicted molar refractivity (Wildman–Crippen MR) is 93.8 cm³/mol. The van der Waals surface area contributed by atoms with Crippen LogP contribution in [0.4, 0.5) is 5.82 Å². The molecule has 0 bridgehead atoms. The Morgan fingerprint density at radius 2 is 2.20 bits per heavy atom. The number of morpholine rings is 1. The number of aryl methyl sites for hydroxylation is 2. The molecule has 0 spiro atoms. The molecular formula is C18H24N4O3. The summed E-state index contributed by atoms with van der Waals surface area (Å²) in [4.78, 5) is 21.3. The highest BCUT2D eigenvalue weighted by molar-refractivity contribution is 5.96. The van der Waals surface area contributed by atoms with Crippen LogP contribution in [0, 0.1) is 6.92 Å². The van der Waals surface area contributed by atoms with Gasteiger partial charge in [0.05, 0.1) is 24.5 Å². The van der Waals surface area contributed by atoms with Gasteiger partial charge in [0, 0.05) is 20.6 Å². The van der Waals surface area contributed by atoms with Crippen LogP contribution in [0.15, 0.2) is 22.7 Å². The molecule has 0 unspecified atom stereocenters. The monoisotopic (exact) mass is 344 g/mol. The molecule has 0 saturated carbocycles.